The third-order valence-electron chi connectivity index (χ3n) is 5.07. The molecule has 0 saturated heterocycles. The Morgan fingerprint density at radius 1 is 1.23 bits per heavy atom. The van der Waals surface area contributed by atoms with E-state index in [-0.39, 0.29) is 12.0 Å². The molecule has 1 unspecified atom stereocenters. The summed E-state index contributed by atoms with van der Waals surface area (Å²) in [6.07, 6.45) is 1.86. The lowest BCUT2D eigenvalue weighted by Gasteiger charge is -2.26. The molecule has 26 heavy (non-hydrogen) atoms. The van der Waals surface area contributed by atoms with Crippen LogP contribution in [0.2, 0.25) is 0 Å². The molecule has 134 valence electrons. The SMILES string of the molecule is CCC1Cn2c(C(=O)NCCc3ccc(C)cc3)cc3cccc(c32)O1. The quantitative estimate of drug-likeness (QED) is 0.754. The number of rotatable bonds is 5. The Balaban J connectivity index is 1.52. The second-order valence-corrected chi connectivity index (χ2v) is 6.97. The van der Waals surface area contributed by atoms with Gasteiger partial charge in [0.15, 0.2) is 0 Å². The van der Waals surface area contributed by atoms with Crippen LogP contribution < -0.4 is 10.1 Å². The van der Waals surface area contributed by atoms with E-state index in [4.69, 9.17) is 4.74 Å². The third-order valence-corrected chi connectivity index (χ3v) is 5.07. The second kappa shape index (κ2) is 6.87. The van der Waals surface area contributed by atoms with Gasteiger partial charge in [0.1, 0.15) is 17.5 Å². The smallest absolute Gasteiger partial charge is 0.267 e. The highest BCUT2D eigenvalue weighted by Crippen LogP contribution is 2.34. The van der Waals surface area contributed by atoms with Crippen molar-refractivity contribution in [3.63, 3.8) is 0 Å². The van der Waals surface area contributed by atoms with Gasteiger partial charge in [-0.15, -0.1) is 0 Å². The summed E-state index contributed by atoms with van der Waals surface area (Å²) in [6, 6.07) is 16.4. The van der Waals surface area contributed by atoms with Crippen LogP contribution in [-0.4, -0.2) is 23.1 Å². The van der Waals surface area contributed by atoms with E-state index in [1.807, 2.05) is 24.3 Å². The van der Waals surface area contributed by atoms with E-state index in [0.717, 1.165) is 41.7 Å². The fourth-order valence-corrected chi connectivity index (χ4v) is 3.56. The molecule has 0 fully saturated rings. The van der Waals surface area contributed by atoms with Gasteiger partial charge >= 0.3 is 0 Å². The van der Waals surface area contributed by atoms with Gasteiger partial charge in [-0.1, -0.05) is 48.9 Å². The van der Waals surface area contributed by atoms with Gasteiger partial charge in [-0.3, -0.25) is 4.79 Å². The molecule has 0 saturated carbocycles. The number of aromatic nitrogens is 1. The van der Waals surface area contributed by atoms with Gasteiger partial charge in [0, 0.05) is 11.9 Å². The van der Waals surface area contributed by atoms with Gasteiger partial charge in [-0.25, -0.2) is 0 Å². The number of hydrogen-bond donors (Lipinski definition) is 1. The number of carbonyl (C=O) groups is 1. The largest absolute Gasteiger partial charge is 0.486 e. The zero-order valence-electron chi connectivity index (χ0n) is 15.3. The number of aryl methyl sites for hydroxylation is 1. The average Bonchev–Trinajstić information content (AvgIpc) is 3.03. The highest BCUT2D eigenvalue weighted by molar-refractivity contribution is 6.00. The summed E-state index contributed by atoms with van der Waals surface area (Å²) in [4.78, 5) is 12.8. The Morgan fingerprint density at radius 3 is 2.81 bits per heavy atom. The highest BCUT2D eigenvalue weighted by Gasteiger charge is 2.25. The first-order chi connectivity index (χ1) is 12.7. The Kier molecular flexibility index (Phi) is 4.41. The molecule has 1 amide bonds. The molecule has 0 spiro atoms. The van der Waals surface area contributed by atoms with Gasteiger partial charge in [0.25, 0.3) is 5.91 Å². The molecule has 1 aliphatic heterocycles. The summed E-state index contributed by atoms with van der Waals surface area (Å²) in [7, 11) is 0. The number of hydrogen-bond acceptors (Lipinski definition) is 2. The molecule has 1 aliphatic rings. The number of benzene rings is 2. The third kappa shape index (κ3) is 3.07. The first-order valence-corrected chi connectivity index (χ1v) is 9.28. The summed E-state index contributed by atoms with van der Waals surface area (Å²) in [5, 5.41) is 4.13. The second-order valence-electron chi connectivity index (χ2n) is 6.97. The van der Waals surface area contributed by atoms with Crippen molar-refractivity contribution in [3.8, 4) is 5.75 Å². The van der Waals surface area contributed by atoms with Crippen molar-refractivity contribution >= 4 is 16.8 Å². The molecule has 4 nitrogen and oxygen atoms in total. The first kappa shape index (κ1) is 16.7. The predicted octanol–water partition coefficient (Wildman–Crippen LogP) is 4.09. The molecule has 1 aromatic heterocycles. The van der Waals surface area contributed by atoms with Crippen molar-refractivity contribution < 1.29 is 9.53 Å². The molecule has 2 heterocycles. The fraction of sp³-hybridized carbons (Fsp3) is 0.318. The maximum Gasteiger partial charge on any atom is 0.267 e. The van der Waals surface area contributed by atoms with Crippen LogP contribution in [-0.2, 0) is 13.0 Å². The highest BCUT2D eigenvalue weighted by atomic mass is 16.5. The molecular weight excluding hydrogens is 324 g/mol. The lowest BCUT2D eigenvalue weighted by Crippen LogP contribution is -2.32. The number of nitrogens with zero attached hydrogens (tertiary/aromatic N) is 1. The molecule has 0 radical (unpaired) electrons. The van der Waals surface area contributed by atoms with Crippen molar-refractivity contribution in [1.82, 2.24) is 9.88 Å². The summed E-state index contributed by atoms with van der Waals surface area (Å²) in [6.45, 7) is 5.54. The Bertz CT molecular complexity index is 941. The topological polar surface area (TPSA) is 43.3 Å². The first-order valence-electron chi connectivity index (χ1n) is 9.28. The van der Waals surface area contributed by atoms with Crippen LogP contribution in [0.4, 0.5) is 0 Å². The van der Waals surface area contributed by atoms with Gasteiger partial charge in [0.05, 0.1) is 12.1 Å². The molecule has 0 bridgehead atoms. The number of amides is 1. The monoisotopic (exact) mass is 348 g/mol. The van der Waals surface area contributed by atoms with E-state index < -0.39 is 0 Å². The standard InChI is InChI=1S/C22H24N2O2/c1-3-18-14-24-19(13-17-5-4-6-20(26-18)21(17)24)22(25)23-12-11-16-9-7-15(2)8-10-16/h4-10,13,18H,3,11-12,14H2,1-2H3,(H,23,25). The minimum Gasteiger partial charge on any atom is -0.486 e. The summed E-state index contributed by atoms with van der Waals surface area (Å²) in [5.41, 5.74) is 4.23. The predicted molar refractivity (Wildman–Crippen MR) is 104 cm³/mol. The maximum atomic E-state index is 12.8. The maximum absolute atomic E-state index is 12.8. The van der Waals surface area contributed by atoms with Crippen LogP contribution in [0, 0.1) is 6.92 Å². The summed E-state index contributed by atoms with van der Waals surface area (Å²) >= 11 is 0. The summed E-state index contributed by atoms with van der Waals surface area (Å²) in [5.74, 6) is 0.857. The molecule has 4 rings (SSSR count). The summed E-state index contributed by atoms with van der Waals surface area (Å²) < 4.78 is 8.16. The van der Waals surface area contributed by atoms with Crippen molar-refractivity contribution in [3.05, 3.63) is 65.4 Å². The average molecular weight is 348 g/mol. The molecule has 2 aromatic carbocycles. The van der Waals surface area contributed by atoms with Crippen LogP contribution in [0.5, 0.6) is 5.75 Å². The normalized spacial score (nSPS) is 15.7. The van der Waals surface area contributed by atoms with Gasteiger partial charge < -0.3 is 14.6 Å². The minimum atomic E-state index is -0.0176. The van der Waals surface area contributed by atoms with E-state index >= 15 is 0 Å². The van der Waals surface area contributed by atoms with E-state index in [2.05, 4.69) is 48.0 Å². The zero-order chi connectivity index (χ0) is 18.1. The van der Waals surface area contributed by atoms with Crippen LogP contribution in [0.25, 0.3) is 10.9 Å². The Morgan fingerprint density at radius 2 is 2.04 bits per heavy atom. The molecule has 1 N–H and O–H groups in total. The van der Waals surface area contributed by atoms with Gasteiger partial charge in [-0.05, 0) is 37.5 Å². The lowest BCUT2D eigenvalue weighted by atomic mass is 10.1. The number of ether oxygens (including phenoxy) is 1. The zero-order valence-corrected chi connectivity index (χ0v) is 15.3. The van der Waals surface area contributed by atoms with E-state index in [1.54, 1.807) is 0 Å². The Hall–Kier alpha value is -2.75. The molecule has 4 heteroatoms. The lowest BCUT2D eigenvalue weighted by molar-refractivity contribution is 0.0938. The van der Waals surface area contributed by atoms with Crippen LogP contribution >= 0.6 is 0 Å². The van der Waals surface area contributed by atoms with Crippen LogP contribution in [0.1, 0.15) is 35.0 Å². The van der Waals surface area contributed by atoms with Crippen molar-refractivity contribution in [2.75, 3.05) is 6.54 Å². The molecule has 3 aromatic rings. The van der Waals surface area contributed by atoms with E-state index in [9.17, 15) is 4.79 Å². The molecule has 0 aliphatic carbocycles. The number of para-hydroxylation sites is 1. The van der Waals surface area contributed by atoms with E-state index in [1.165, 1.54) is 11.1 Å². The van der Waals surface area contributed by atoms with Crippen molar-refractivity contribution in [2.45, 2.75) is 39.3 Å². The van der Waals surface area contributed by atoms with E-state index in [0.29, 0.717) is 6.54 Å². The number of carbonyl (C=O) groups excluding carboxylic acids is 1. The Labute approximate surface area is 153 Å². The van der Waals surface area contributed by atoms with Gasteiger partial charge in [0.2, 0.25) is 0 Å². The number of nitrogens with one attached hydrogen (secondary N) is 1. The van der Waals surface area contributed by atoms with Crippen molar-refractivity contribution in [2.24, 2.45) is 0 Å². The van der Waals surface area contributed by atoms with Crippen molar-refractivity contribution in [1.29, 1.82) is 0 Å². The van der Waals surface area contributed by atoms with Crippen LogP contribution in [0.3, 0.4) is 0 Å². The fourth-order valence-electron chi connectivity index (χ4n) is 3.56. The van der Waals surface area contributed by atoms with Crippen LogP contribution in [0.15, 0.2) is 48.5 Å². The minimum absolute atomic E-state index is 0.0176. The molecule has 1 atom stereocenters. The van der Waals surface area contributed by atoms with Gasteiger partial charge in [-0.2, -0.15) is 0 Å². The molecular formula is C22H24N2O2.